The molecule has 0 fully saturated rings. The maximum atomic E-state index is 6.15. The van der Waals surface area contributed by atoms with Gasteiger partial charge in [0.15, 0.2) is 16.0 Å². The van der Waals surface area contributed by atoms with Crippen LogP contribution in [0.5, 0.6) is 0 Å². The average Bonchev–Trinajstić information content (AvgIpc) is 2.88. The lowest BCUT2D eigenvalue weighted by Crippen LogP contribution is -2.31. The van der Waals surface area contributed by atoms with Crippen molar-refractivity contribution in [3.05, 3.63) is 46.3 Å². The van der Waals surface area contributed by atoms with Gasteiger partial charge in [-0.3, -0.25) is 0 Å². The first kappa shape index (κ1) is 14.4. The number of rotatable bonds is 1. The number of nitrogens with zero attached hydrogens (tertiary/aromatic N) is 2. The van der Waals surface area contributed by atoms with Crippen molar-refractivity contribution in [1.82, 2.24) is 9.66 Å². The van der Waals surface area contributed by atoms with Crippen LogP contribution in [0.1, 0.15) is 25.2 Å². The molecule has 0 spiro atoms. The van der Waals surface area contributed by atoms with E-state index in [0.717, 1.165) is 28.8 Å². The molecule has 3 aromatic rings. The summed E-state index contributed by atoms with van der Waals surface area (Å²) in [4.78, 5) is 4.77. The molecule has 0 radical (unpaired) electrons. The van der Waals surface area contributed by atoms with Crippen LogP contribution in [0.3, 0.4) is 0 Å². The van der Waals surface area contributed by atoms with Gasteiger partial charge in [-0.05, 0) is 13.8 Å². The van der Waals surface area contributed by atoms with Crippen LogP contribution < -0.4 is 5.84 Å². The summed E-state index contributed by atoms with van der Waals surface area (Å²) in [6.07, 6.45) is 0.736. The highest BCUT2D eigenvalue weighted by Crippen LogP contribution is 2.35. The molecule has 3 heterocycles. The van der Waals surface area contributed by atoms with Gasteiger partial charge in [0.05, 0.1) is 5.60 Å². The molecule has 2 aromatic heterocycles. The normalized spacial score (nSPS) is 16.4. The van der Waals surface area contributed by atoms with Gasteiger partial charge >= 0.3 is 0 Å². The van der Waals surface area contributed by atoms with Gasteiger partial charge in [-0.2, -0.15) is 0 Å². The molecule has 0 unspecified atom stereocenters. The quantitative estimate of drug-likeness (QED) is 0.546. The van der Waals surface area contributed by atoms with E-state index in [0.29, 0.717) is 22.7 Å². The summed E-state index contributed by atoms with van der Waals surface area (Å²) in [6, 6.07) is 9.78. The molecule has 0 saturated carbocycles. The molecule has 1 aliphatic heterocycles. The minimum Gasteiger partial charge on any atom is -0.453 e. The topological polar surface area (TPSA) is 66.2 Å². The van der Waals surface area contributed by atoms with Crippen molar-refractivity contribution in [2.45, 2.75) is 32.5 Å². The predicted octanol–water partition coefficient (Wildman–Crippen LogP) is 3.59. The summed E-state index contributed by atoms with van der Waals surface area (Å²) in [7, 11) is 0. The lowest BCUT2D eigenvalue weighted by molar-refractivity contribution is -0.0476. The number of ether oxygens (including phenoxy) is 1. The van der Waals surface area contributed by atoms with Gasteiger partial charge in [0.2, 0.25) is 0 Å². The largest absolute Gasteiger partial charge is 0.453 e. The average molecular weight is 327 g/mol. The smallest absolute Gasteiger partial charge is 0.189 e. The minimum absolute atomic E-state index is 0.242. The summed E-state index contributed by atoms with van der Waals surface area (Å²) < 4.78 is 13.6. The Labute approximate surface area is 138 Å². The zero-order valence-corrected chi connectivity index (χ0v) is 13.8. The van der Waals surface area contributed by atoms with Gasteiger partial charge in [0.25, 0.3) is 0 Å². The maximum absolute atomic E-state index is 6.15. The maximum Gasteiger partial charge on any atom is 0.189 e. The first-order valence-corrected chi connectivity index (χ1v) is 7.89. The number of furan rings is 1. The standard InChI is InChI=1S/C17H17N3O2S/c1-17(2)8-11-12(9-21-17)22-14-13(11)19-15(20(18)16(14)23)10-6-4-3-5-7-10/h3-7H,8-9,18H2,1-2H3. The molecule has 4 rings (SSSR count). The summed E-state index contributed by atoms with van der Waals surface area (Å²) in [5.74, 6) is 7.58. The van der Waals surface area contributed by atoms with Crippen molar-refractivity contribution >= 4 is 23.3 Å². The van der Waals surface area contributed by atoms with Crippen LogP contribution in [0.2, 0.25) is 0 Å². The van der Waals surface area contributed by atoms with Crippen molar-refractivity contribution in [2.75, 3.05) is 5.84 Å². The zero-order chi connectivity index (χ0) is 16.2. The van der Waals surface area contributed by atoms with E-state index in [4.69, 9.17) is 32.2 Å². The Morgan fingerprint density at radius 1 is 1.26 bits per heavy atom. The Morgan fingerprint density at radius 3 is 2.74 bits per heavy atom. The number of aromatic nitrogens is 2. The van der Waals surface area contributed by atoms with E-state index in [2.05, 4.69) is 13.8 Å². The molecule has 23 heavy (non-hydrogen) atoms. The fraction of sp³-hybridized carbons (Fsp3) is 0.294. The fourth-order valence-electron chi connectivity index (χ4n) is 2.96. The molecule has 0 atom stereocenters. The Hall–Kier alpha value is -2.18. The van der Waals surface area contributed by atoms with Gasteiger partial charge in [0, 0.05) is 17.5 Å². The van der Waals surface area contributed by atoms with Crippen LogP contribution in [0.15, 0.2) is 34.7 Å². The summed E-state index contributed by atoms with van der Waals surface area (Å²) in [5.41, 5.74) is 3.11. The Morgan fingerprint density at radius 2 is 2.00 bits per heavy atom. The lowest BCUT2D eigenvalue weighted by atomic mass is 9.95. The molecule has 1 aliphatic rings. The Bertz CT molecular complexity index is 957. The summed E-state index contributed by atoms with van der Waals surface area (Å²) in [5, 5.41) is 0. The van der Waals surface area contributed by atoms with E-state index in [1.165, 1.54) is 4.68 Å². The second-order valence-corrected chi connectivity index (χ2v) is 6.77. The van der Waals surface area contributed by atoms with Crippen molar-refractivity contribution in [1.29, 1.82) is 0 Å². The van der Waals surface area contributed by atoms with Crippen LogP contribution >= 0.6 is 12.2 Å². The van der Waals surface area contributed by atoms with Gasteiger partial charge in [-0.25, -0.2) is 9.66 Å². The third-order valence-electron chi connectivity index (χ3n) is 4.15. The SMILES string of the molecule is CC1(C)Cc2c(oc3c(=S)n(N)c(-c4ccccc4)nc23)CO1. The first-order chi connectivity index (χ1) is 11.0. The van der Waals surface area contributed by atoms with Crippen molar-refractivity contribution in [3.8, 4) is 11.4 Å². The number of fused-ring (bicyclic) bond motifs is 3. The van der Waals surface area contributed by atoms with Crippen molar-refractivity contribution < 1.29 is 9.15 Å². The van der Waals surface area contributed by atoms with Crippen LogP contribution in [0, 0.1) is 4.64 Å². The third kappa shape index (κ3) is 2.26. The minimum atomic E-state index is -0.242. The number of nitrogens with two attached hydrogens (primary N) is 1. The van der Waals surface area contributed by atoms with Crippen LogP contribution in [-0.2, 0) is 17.8 Å². The van der Waals surface area contributed by atoms with Crippen LogP contribution in [0.25, 0.3) is 22.5 Å². The third-order valence-corrected chi connectivity index (χ3v) is 4.53. The molecule has 2 N–H and O–H groups in total. The molecule has 0 saturated heterocycles. The molecule has 6 heteroatoms. The molecular formula is C17H17N3O2S. The van der Waals surface area contributed by atoms with E-state index >= 15 is 0 Å². The van der Waals surface area contributed by atoms with Gasteiger partial charge in [-0.1, -0.05) is 42.5 Å². The highest BCUT2D eigenvalue weighted by molar-refractivity contribution is 7.71. The lowest BCUT2D eigenvalue weighted by Gasteiger charge is -2.28. The van der Waals surface area contributed by atoms with Gasteiger partial charge in [-0.15, -0.1) is 0 Å². The summed E-state index contributed by atoms with van der Waals surface area (Å²) in [6.45, 7) is 4.56. The van der Waals surface area contributed by atoms with Crippen molar-refractivity contribution in [3.63, 3.8) is 0 Å². The molecule has 5 nitrogen and oxygen atoms in total. The molecule has 0 aliphatic carbocycles. The first-order valence-electron chi connectivity index (χ1n) is 7.48. The molecular weight excluding hydrogens is 310 g/mol. The van der Waals surface area contributed by atoms with E-state index in [1.807, 2.05) is 30.3 Å². The Balaban J connectivity index is 2.02. The summed E-state index contributed by atoms with van der Waals surface area (Å²) >= 11 is 5.49. The Kier molecular flexibility index (Phi) is 3.08. The van der Waals surface area contributed by atoms with Gasteiger partial charge < -0.3 is 15.0 Å². The monoisotopic (exact) mass is 327 g/mol. The predicted molar refractivity (Wildman–Crippen MR) is 91.0 cm³/mol. The second kappa shape index (κ2) is 4.91. The van der Waals surface area contributed by atoms with Crippen molar-refractivity contribution in [2.24, 2.45) is 0 Å². The second-order valence-electron chi connectivity index (χ2n) is 6.38. The zero-order valence-electron chi connectivity index (χ0n) is 13.0. The molecule has 0 amide bonds. The highest BCUT2D eigenvalue weighted by Gasteiger charge is 2.31. The van der Waals surface area contributed by atoms with E-state index in [-0.39, 0.29) is 5.60 Å². The molecule has 0 bridgehead atoms. The highest BCUT2D eigenvalue weighted by atomic mass is 32.1. The molecule has 1 aromatic carbocycles. The van der Waals surface area contributed by atoms with E-state index in [1.54, 1.807) is 0 Å². The van der Waals surface area contributed by atoms with Crippen LogP contribution in [0.4, 0.5) is 0 Å². The molecule has 118 valence electrons. The van der Waals surface area contributed by atoms with Gasteiger partial charge in [0.1, 0.15) is 17.9 Å². The number of hydrogen-bond donors (Lipinski definition) is 1. The van der Waals surface area contributed by atoms with Crippen LogP contribution in [-0.4, -0.2) is 15.3 Å². The van der Waals surface area contributed by atoms with E-state index < -0.39 is 0 Å². The fourth-order valence-corrected chi connectivity index (χ4v) is 3.18. The number of nitrogen functional groups attached to an aromatic ring is 1. The van der Waals surface area contributed by atoms with E-state index in [9.17, 15) is 0 Å². The number of hydrogen-bond acceptors (Lipinski definition) is 5. The number of benzene rings is 1.